The predicted molar refractivity (Wildman–Crippen MR) is 132 cm³/mol. The average Bonchev–Trinajstić information content (AvgIpc) is 2.77. The minimum atomic E-state index is -0.531. The van der Waals surface area contributed by atoms with Crippen LogP contribution in [0.2, 0.25) is 10.0 Å². The topological polar surface area (TPSA) is 49.4 Å². The summed E-state index contributed by atoms with van der Waals surface area (Å²) in [6.07, 6.45) is 2.45. The number of nitrogens with zero attached hydrogens (tertiary/aromatic N) is 1. The molecule has 7 heteroatoms. The Hall–Kier alpha value is -1.69. The number of nitrogens with one attached hydrogen (secondary N) is 1. The van der Waals surface area contributed by atoms with Crippen LogP contribution in [-0.2, 0) is 21.9 Å². The number of hydrogen-bond donors (Lipinski definition) is 1. The minimum Gasteiger partial charge on any atom is -0.354 e. The number of benzene rings is 2. The lowest BCUT2D eigenvalue weighted by atomic mass is 10.1. The number of halogens is 2. The van der Waals surface area contributed by atoms with Crippen molar-refractivity contribution in [2.24, 2.45) is 0 Å². The summed E-state index contributed by atoms with van der Waals surface area (Å²) in [5.74, 6) is 0.865. The number of amides is 2. The van der Waals surface area contributed by atoms with Crippen LogP contribution in [0.3, 0.4) is 0 Å². The van der Waals surface area contributed by atoms with E-state index in [1.54, 1.807) is 28.8 Å². The number of rotatable bonds is 12. The molecule has 0 aromatic heterocycles. The lowest BCUT2D eigenvalue weighted by molar-refractivity contribution is -0.139. The third-order valence-electron chi connectivity index (χ3n) is 4.89. The molecule has 2 aromatic rings. The number of thioether (sulfide) groups is 1. The summed E-state index contributed by atoms with van der Waals surface area (Å²) in [5, 5.41) is 3.87. The zero-order valence-electron chi connectivity index (χ0n) is 18.1. The quantitative estimate of drug-likeness (QED) is 0.381. The lowest BCUT2D eigenvalue weighted by Crippen LogP contribution is -2.49. The molecule has 0 aliphatic carbocycles. The van der Waals surface area contributed by atoms with Crippen LogP contribution in [0.4, 0.5) is 0 Å². The van der Waals surface area contributed by atoms with E-state index in [0.717, 1.165) is 24.2 Å². The molecule has 168 valence electrons. The number of hydrogen-bond acceptors (Lipinski definition) is 3. The Bertz CT molecular complexity index is 849. The van der Waals surface area contributed by atoms with E-state index in [-0.39, 0.29) is 11.8 Å². The molecule has 4 nitrogen and oxygen atoms in total. The lowest BCUT2D eigenvalue weighted by Gasteiger charge is -2.30. The van der Waals surface area contributed by atoms with Crippen molar-refractivity contribution in [3.8, 4) is 0 Å². The molecule has 0 heterocycles. The molecular weight excluding hydrogens is 451 g/mol. The average molecular weight is 481 g/mol. The van der Waals surface area contributed by atoms with Crippen molar-refractivity contribution in [3.63, 3.8) is 0 Å². The van der Waals surface area contributed by atoms with Crippen LogP contribution in [0.15, 0.2) is 48.5 Å². The van der Waals surface area contributed by atoms with Gasteiger partial charge < -0.3 is 10.2 Å². The molecule has 2 rings (SSSR count). The molecule has 1 N–H and O–H groups in total. The third kappa shape index (κ3) is 8.40. The smallest absolute Gasteiger partial charge is 0.242 e. The number of unbranched alkanes of at least 4 members (excludes halogenated alkanes) is 1. The van der Waals surface area contributed by atoms with Gasteiger partial charge in [0.15, 0.2) is 0 Å². The fourth-order valence-electron chi connectivity index (χ4n) is 3.17. The first-order chi connectivity index (χ1) is 15.0. The highest BCUT2D eigenvalue weighted by atomic mass is 35.5. The van der Waals surface area contributed by atoms with Crippen LogP contribution < -0.4 is 5.32 Å². The van der Waals surface area contributed by atoms with Gasteiger partial charge in [-0.25, -0.2) is 0 Å². The Labute approximate surface area is 199 Å². The van der Waals surface area contributed by atoms with Gasteiger partial charge in [0.2, 0.25) is 11.8 Å². The molecule has 0 radical (unpaired) electrons. The molecule has 1 atom stereocenters. The number of carbonyl (C=O) groups excluding carboxylic acids is 2. The van der Waals surface area contributed by atoms with E-state index in [1.165, 1.54) is 5.56 Å². The predicted octanol–water partition coefficient (Wildman–Crippen LogP) is 5.95. The van der Waals surface area contributed by atoms with Crippen LogP contribution in [-0.4, -0.2) is 35.1 Å². The summed E-state index contributed by atoms with van der Waals surface area (Å²) in [4.78, 5) is 27.7. The monoisotopic (exact) mass is 480 g/mol. The molecule has 2 amide bonds. The summed E-state index contributed by atoms with van der Waals surface area (Å²) in [5.41, 5.74) is 2.01. The molecule has 0 aliphatic heterocycles. The summed E-state index contributed by atoms with van der Waals surface area (Å²) >= 11 is 13.8. The zero-order valence-corrected chi connectivity index (χ0v) is 20.4. The van der Waals surface area contributed by atoms with Crippen LogP contribution in [0.1, 0.15) is 44.2 Å². The van der Waals surface area contributed by atoms with E-state index >= 15 is 0 Å². The van der Waals surface area contributed by atoms with E-state index in [0.29, 0.717) is 35.3 Å². The van der Waals surface area contributed by atoms with E-state index in [4.69, 9.17) is 23.2 Å². The molecule has 0 spiro atoms. The van der Waals surface area contributed by atoms with Gasteiger partial charge >= 0.3 is 0 Å². The maximum absolute atomic E-state index is 13.2. The van der Waals surface area contributed by atoms with Gasteiger partial charge in [-0.2, -0.15) is 0 Å². The van der Waals surface area contributed by atoms with Crippen molar-refractivity contribution in [3.05, 3.63) is 69.7 Å². The van der Waals surface area contributed by atoms with Gasteiger partial charge in [-0.15, -0.1) is 11.8 Å². The van der Waals surface area contributed by atoms with Gasteiger partial charge in [0.1, 0.15) is 6.04 Å². The molecule has 31 heavy (non-hydrogen) atoms. The van der Waals surface area contributed by atoms with Crippen molar-refractivity contribution >= 4 is 46.8 Å². The Morgan fingerprint density at radius 1 is 1.03 bits per heavy atom. The molecular formula is C24H30Cl2N2O2S. The fraction of sp³-hybridized carbons (Fsp3) is 0.417. The van der Waals surface area contributed by atoms with E-state index in [1.807, 2.05) is 43.3 Å². The van der Waals surface area contributed by atoms with Gasteiger partial charge in [-0.3, -0.25) is 9.59 Å². The Kier molecular flexibility index (Phi) is 11.3. The molecule has 1 unspecified atom stereocenters. The Morgan fingerprint density at radius 3 is 2.42 bits per heavy atom. The molecule has 0 aliphatic rings. The van der Waals surface area contributed by atoms with E-state index in [2.05, 4.69) is 12.2 Å². The summed E-state index contributed by atoms with van der Waals surface area (Å²) < 4.78 is 0. The SMILES string of the molecule is CCCCNC(=O)C(CC)N(Cc1ccc(Cl)c(Cl)c1)C(=O)CSCc1ccccc1. The van der Waals surface area contributed by atoms with Gasteiger partial charge in [-0.05, 0) is 36.1 Å². The van der Waals surface area contributed by atoms with Crippen LogP contribution in [0, 0.1) is 0 Å². The van der Waals surface area contributed by atoms with Crippen LogP contribution >= 0.6 is 35.0 Å². The highest BCUT2D eigenvalue weighted by molar-refractivity contribution is 7.99. The Balaban J connectivity index is 2.13. The zero-order chi connectivity index (χ0) is 22.6. The Morgan fingerprint density at radius 2 is 1.77 bits per heavy atom. The van der Waals surface area contributed by atoms with Gasteiger partial charge in [0.25, 0.3) is 0 Å². The summed E-state index contributed by atoms with van der Waals surface area (Å²) in [6.45, 7) is 4.93. The second kappa shape index (κ2) is 13.7. The first-order valence-electron chi connectivity index (χ1n) is 10.6. The molecule has 2 aromatic carbocycles. The first kappa shape index (κ1) is 25.6. The van der Waals surface area contributed by atoms with Crippen LogP contribution in [0.25, 0.3) is 0 Å². The third-order valence-corrected chi connectivity index (χ3v) is 6.62. The maximum Gasteiger partial charge on any atom is 0.242 e. The van der Waals surface area contributed by atoms with E-state index < -0.39 is 6.04 Å². The van der Waals surface area contributed by atoms with Crippen molar-refractivity contribution in [1.82, 2.24) is 10.2 Å². The molecule has 0 fully saturated rings. The van der Waals surface area contributed by atoms with Crippen molar-refractivity contribution in [1.29, 1.82) is 0 Å². The van der Waals surface area contributed by atoms with Crippen molar-refractivity contribution in [2.75, 3.05) is 12.3 Å². The second-order valence-corrected chi connectivity index (χ2v) is 9.12. The summed E-state index contributed by atoms with van der Waals surface area (Å²) in [7, 11) is 0. The van der Waals surface area contributed by atoms with E-state index in [9.17, 15) is 9.59 Å². The van der Waals surface area contributed by atoms with Gasteiger partial charge in [0.05, 0.1) is 15.8 Å². The van der Waals surface area contributed by atoms with Crippen molar-refractivity contribution in [2.45, 2.75) is 51.4 Å². The molecule has 0 bridgehead atoms. The largest absolute Gasteiger partial charge is 0.354 e. The maximum atomic E-state index is 13.2. The highest BCUT2D eigenvalue weighted by Crippen LogP contribution is 2.24. The second-order valence-electron chi connectivity index (χ2n) is 7.32. The standard InChI is InChI=1S/C24H30Cl2N2O2S/c1-3-5-13-27-24(30)22(4-2)28(15-19-11-12-20(25)21(26)14-19)23(29)17-31-16-18-9-7-6-8-10-18/h6-12,14,22H,3-5,13,15-17H2,1-2H3,(H,27,30). The normalized spacial score (nSPS) is 11.7. The van der Waals surface area contributed by atoms with Crippen molar-refractivity contribution < 1.29 is 9.59 Å². The minimum absolute atomic E-state index is 0.0653. The molecule has 0 saturated heterocycles. The van der Waals surface area contributed by atoms with Gasteiger partial charge in [0, 0.05) is 18.8 Å². The number of carbonyl (C=O) groups is 2. The molecule has 0 saturated carbocycles. The van der Waals surface area contributed by atoms with Gasteiger partial charge in [-0.1, -0.05) is 79.9 Å². The fourth-order valence-corrected chi connectivity index (χ4v) is 4.37. The van der Waals surface area contributed by atoms with Crippen LogP contribution in [0.5, 0.6) is 0 Å². The summed E-state index contributed by atoms with van der Waals surface area (Å²) in [6, 6.07) is 14.8. The first-order valence-corrected chi connectivity index (χ1v) is 12.5. The highest BCUT2D eigenvalue weighted by Gasteiger charge is 2.28.